The topological polar surface area (TPSA) is 102 Å². The van der Waals surface area contributed by atoms with E-state index in [-0.39, 0.29) is 24.2 Å². The quantitative estimate of drug-likeness (QED) is 0.483. The maximum atomic E-state index is 12.3. The number of rotatable bonds is 7. The van der Waals surface area contributed by atoms with Gasteiger partial charge in [0, 0.05) is 29.7 Å². The van der Waals surface area contributed by atoms with Crippen molar-refractivity contribution in [1.82, 2.24) is 25.3 Å². The Balaban J connectivity index is 1.29. The molecule has 1 atom stereocenters. The van der Waals surface area contributed by atoms with E-state index >= 15 is 0 Å². The molecular weight excluding hydrogens is 394 g/mol. The molecule has 0 radical (unpaired) electrons. The smallest absolute Gasteiger partial charge is 0.273 e. The second kappa shape index (κ2) is 9.08. The molecule has 31 heavy (non-hydrogen) atoms. The van der Waals surface area contributed by atoms with Crippen LogP contribution in [0.3, 0.4) is 0 Å². The zero-order valence-corrected chi connectivity index (χ0v) is 16.9. The summed E-state index contributed by atoms with van der Waals surface area (Å²) in [6, 6.07) is 18.5. The molecule has 2 N–H and O–H groups in total. The molecule has 1 unspecified atom stereocenters. The first-order chi connectivity index (χ1) is 15.1. The van der Waals surface area contributed by atoms with Crippen molar-refractivity contribution < 1.29 is 14.1 Å². The Morgan fingerprint density at radius 1 is 1.10 bits per heavy atom. The fourth-order valence-corrected chi connectivity index (χ4v) is 3.09. The highest BCUT2D eigenvalue weighted by Gasteiger charge is 2.16. The molecule has 4 aromatic rings. The number of aromatic nitrogens is 3. The van der Waals surface area contributed by atoms with E-state index in [0.717, 1.165) is 16.8 Å². The summed E-state index contributed by atoms with van der Waals surface area (Å²) in [5.74, 6) is -0.285. The molecule has 2 aromatic carbocycles. The molecule has 0 saturated heterocycles. The molecule has 0 aliphatic carbocycles. The highest BCUT2D eigenvalue weighted by atomic mass is 16.5. The van der Waals surface area contributed by atoms with Gasteiger partial charge >= 0.3 is 0 Å². The molecule has 0 bridgehead atoms. The Morgan fingerprint density at radius 2 is 1.87 bits per heavy atom. The number of carbonyl (C=O) groups is 2. The molecule has 2 aromatic heterocycles. The number of hydrogen-bond donors (Lipinski definition) is 2. The van der Waals surface area contributed by atoms with Gasteiger partial charge in [-0.3, -0.25) is 9.59 Å². The van der Waals surface area contributed by atoms with Crippen LogP contribution >= 0.6 is 0 Å². The van der Waals surface area contributed by atoms with E-state index in [2.05, 4.69) is 20.8 Å². The van der Waals surface area contributed by atoms with Gasteiger partial charge in [0.1, 0.15) is 0 Å². The van der Waals surface area contributed by atoms with E-state index in [9.17, 15) is 9.59 Å². The SMILES string of the molecule is CC(NC(=O)CNC(=O)c1cc(-c2ccccc2)on1)c1ccc(-n2ccnc2)cc1. The largest absolute Gasteiger partial charge is 0.355 e. The summed E-state index contributed by atoms with van der Waals surface area (Å²) in [5.41, 5.74) is 2.87. The Bertz CT molecular complexity index is 1150. The van der Waals surface area contributed by atoms with Crippen LogP contribution in [-0.2, 0) is 4.79 Å². The van der Waals surface area contributed by atoms with Crippen LogP contribution in [-0.4, -0.2) is 33.1 Å². The van der Waals surface area contributed by atoms with E-state index in [1.54, 1.807) is 18.6 Å². The molecule has 4 rings (SSSR count). The van der Waals surface area contributed by atoms with Gasteiger partial charge < -0.3 is 19.7 Å². The van der Waals surface area contributed by atoms with E-state index in [0.29, 0.717) is 5.76 Å². The van der Waals surface area contributed by atoms with Crippen LogP contribution < -0.4 is 10.6 Å². The standard InChI is InChI=1S/C23H21N5O3/c1-16(17-7-9-19(10-8-17)28-12-11-24-15-28)26-22(29)14-25-23(30)20-13-21(31-27-20)18-5-3-2-4-6-18/h2-13,15-16H,14H2,1H3,(H,25,30)(H,26,29). The summed E-state index contributed by atoms with van der Waals surface area (Å²) in [7, 11) is 0. The predicted molar refractivity (Wildman–Crippen MR) is 114 cm³/mol. The van der Waals surface area contributed by atoms with Gasteiger partial charge in [-0.15, -0.1) is 0 Å². The van der Waals surface area contributed by atoms with Crippen molar-refractivity contribution in [2.45, 2.75) is 13.0 Å². The van der Waals surface area contributed by atoms with Crippen molar-refractivity contribution in [3.63, 3.8) is 0 Å². The summed E-state index contributed by atoms with van der Waals surface area (Å²) >= 11 is 0. The first kappa shape index (κ1) is 20.1. The van der Waals surface area contributed by atoms with Crippen LogP contribution in [0, 0.1) is 0 Å². The molecule has 8 nitrogen and oxygen atoms in total. The van der Waals surface area contributed by atoms with Crippen LogP contribution in [0.25, 0.3) is 17.0 Å². The van der Waals surface area contributed by atoms with Crippen molar-refractivity contribution in [3.8, 4) is 17.0 Å². The van der Waals surface area contributed by atoms with Crippen LogP contribution in [0.15, 0.2) is 83.9 Å². The lowest BCUT2D eigenvalue weighted by molar-refractivity contribution is -0.120. The zero-order chi connectivity index (χ0) is 21.6. The minimum atomic E-state index is -0.474. The number of hydrogen-bond acceptors (Lipinski definition) is 5. The van der Waals surface area contributed by atoms with Gasteiger partial charge in [0.25, 0.3) is 5.91 Å². The third-order valence-electron chi connectivity index (χ3n) is 4.78. The summed E-state index contributed by atoms with van der Waals surface area (Å²) in [6.07, 6.45) is 5.30. The van der Waals surface area contributed by atoms with Crippen molar-refractivity contribution in [1.29, 1.82) is 0 Å². The van der Waals surface area contributed by atoms with Crippen molar-refractivity contribution >= 4 is 11.8 Å². The van der Waals surface area contributed by atoms with Crippen LogP contribution in [0.4, 0.5) is 0 Å². The second-order valence-corrected chi connectivity index (χ2v) is 6.98. The fourth-order valence-electron chi connectivity index (χ4n) is 3.09. The summed E-state index contributed by atoms with van der Waals surface area (Å²) in [5, 5.41) is 9.22. The fraction of sp³-hybridized carbons (Fsp3) is 0.130. The highest BCUT2D eigenvalue weighted by Crippen LogP contribution is 2.19. The molecule has 0 fully saturated rings. The van der Waals surface area contributed by atoms with Gasteiger partial charge in [0.2, 0.25) is 5.91 Å². The Kier molecular flexibility index (Phi) is 5.89. The molecule has 8 heteroatoms. The van der Waals surface area contributed by atoms with Crippen molar-refractivity contribution in [3.05, 3.63) is 90.6 Å². The van der Waals surface area contributed by atoms with Crippen molar-refractivity contribution in [2.75, 3.05) is 6.54 Å². The average molecular weight is 415 g/mol. The van der Waals surface area contributed by atoms with Crippen LogP contribution in [0.5, 0.6) is 0 Å². The van der Waals surface area contributed by atoms with Crippen LogP contribution in [0.2, 0.25) is 0 Å². The molecule has 2 amide bonds. The van der Waals surface area contributed by atoms with Gasteiger partial charge in [-0.25, -0.2) is 4.98 Å². The molecular formula is C23H21N5O3. The predicted octanol–water partition coefficient (Wildman–Crippen LogP) is 3.13. The minimum absolute atomic E-state index is 0.120. The number of nitrogens with one attached hydrogen (secondary N) is 2. The highest BCUT2D eigenvalue weighted by molar-refractivity contribution is 5.95. The number of imidazole rings is 1. The van der Waals surface area contributed by atoms with E-state index in [1.807, 2.05) is 72.3 Å². The Morgan fingerprint density at radius 3 is 2.58 bits per heavy atom. The molecule has 0 saturated carbocycles. The normalized spacial score (nSPS) is 11.6. The second-order valence-electron chi connectivity index (χ2n) is 6.98. The minimum Gasteiger partial charge on any atom is -0.355 e. The van der Waals surface area contributed by atoms with E-state index < -0.39 is 5.91 Å². The number of carbonyl (C=O) groups excluding carboxylic acids is 2. The van der Waals surface area contributed by atoms with Crippen LogP contribution in [0.1, 0.15) is 29.0 Å². The van der Waals surface area contributed by atoms with Gasteiger partial charge in [-0.05, 0) is 24.6 Å². The Labute approximate surface area is 178 Å². The van der Waals surface area contributed by atoms with E-state index in [4.69, 9.17) is 4.52 Å². The summed E-state index contributed by atoms with van der Waals surface area (Å²) < 4.78 is 7.12. The molecule has 0 aliphatic heterocycles. The van der Waals surface area contributed by atoms with Gasteiger partial charge in [0.05, 0.1) is 18.9 Å². The van der Waals surface area contributed by atoms with E-state index in [1.165, 1.54) is 0 Å². The lowest BCUT2D eigenvalue weighted by atomic mass is 10.1. The number of nitrogens with zero attached hydrogens (tertiary/aromatic N) is 3. The zero-order valence-electron chi connectivity index (χ0n) is 16.9. The number of amides is 2. The monoisotopic (exact) mass is 415 g/mol. The maximum Gasteiger partial charge on any atom is 0.273 e. The first-order valence-electron chi connectivity index (χ1n) is 9.78. The molecule has 0 spiro atoms. The lowest BCUT2D eigenvalue weighted by Crippen LogP contribution is -2.38. The first-order valence-corrected chi connectivity index (χ1v) is 9.78. The van der Waals surface area contributed by atoms with Gasteiger partial charge in [-0.2, -0.15) is 0 Å². The Hall–Kier alpha value is -4.20. The summed E-state index contributed by atoms with van der Waals surface area (Å²) in [6.45, 7) is 1.72. The van der Waals surface area contributed by atoms with Gasteiger partial charge in [0.15, 0.2) is 11.5 Å². The molecule has 0 aliphatic rings. The lowest BCUT2D eigenvalue weighted by Gasteiger charge is -2.15. The number of benzene rings is 2. The maximum absolute atomic E-state index is 12.3. The third kappa shape index (κ3) is 4.87. The van der Waals surface area contributed by atoms with Gasteiger partial charge in [-0.1, -0.05) is 47.6 Å². The molecule has 2 heterocycles. The third-order valence-corrected chi connectivity index (χ3v) is 4.78. The molecule has 156 valence electrons. The average Bonchev–Trinajstić information content (AvgIpc) is 3.51. The van der Waals surface area contributed by atoms with Crippen molar-refractivity contribution in [2.24, 2.45) is 0 Å². The summed E-state index contributed by atoms with van der Waals surface area (Å²) in [4.78, 5) is 28.6.